The van der Waals surface area contributed by atoms with E-state index in [1.807, 2.05) is 6.07 Å². The van der Waals surface area contributed by atoms with Crippen LogP contribution in [0.1, 0.15) is 30.4 Å². The lowest BCUT2D eigenvalue weighted by atomic mass is 9.97. The zero-order valence-electron chi connectivity index (χ0n) is 17.3. The minimum absolute atomic E-state index is 0.0217. The summed E-state index contributed by atoms with van der Waals surface area (Å²) in [6.45, 7) is 0. The molecule has 0 aromatic heterocycles. The fraction of sp³-hybridized carbons (Fsp3) is 0.375. The van der Waals surface area contributed by atoms with Crippen LogP contribution < -0.4 is 16.0 Å². The van der Waals surface area contributed by atoms with Gasteiger partial charge < -0.3 is 16.0 Å². The van der Waals surface area contributed by atoms with E-state index >= 15 is 0 Å². The second-order valence-electron chi connectivity index (χ2n) is 8.81. The highest BCUT2D eigenvalue weighted by molar-refractivity contribution is 6.00. The SMILES string of the molecule is N#C[C@H](Cc1ccc(-c2ccc3c(c2)NC(=O)C3)c(F)c1F)NC(=O)C1NC2CCC1C2. The monoisotopic (exact) mass is 436 g/mol. The van der Waals surface area contributed by atoms with Gasteiger partial charge in [-0.15, -0.1) is 0 Å². The minimum Gasteiger partial charge on any atom is -0.339 e. The van der Waals surface area contributed by atoms with Crippen LogP contribution in [0.5, 0.6) is 0 Å². The van der Waals surface area contributed by atoms with Gasteiger partial charge in [-0.05, 0) is 47.9 Å². The number of benzene rings is 2. The Balaban J connectivity index is 1.32. The van der Waals surface area contributed by atoms with Gasteiger partial charge in [0.15, 0.2) is 11.6 Å². The molecule has 3 N–H and O–H groups in total. The van der Waals surface area contributed by atoms with Crippen molar-refractivity contribution in [1.29, 1.82) is 5.26 Å². The Morgan fingerprint density at radius 2 is 2.06 bits per heavy atom. The Morgan fingerprint density at radius 3 is 2.78 bits per heavy atom. The first-order chi connectivity index (χ1) is 15.4. The predicted molar refractivity (Wildman–Crippen MR) is 113 cm³/mol. The molecule has 2 amide bonds. The number of halogens is 2. The number of fused-ring (bicyclic) bond motifs is 3. The maximum atomic E-state index is 14.9. The van der Waals surface area contributed by atoms with Gasteiger partial charge in [0.25, 0.3) is 0 Å². The lowest BCUT2D eigenvalue weighted by molar-refractivity contribution is -0.124. The van der Waals surface area contributed by atoms with E-state index in [1.54, 1.807) is 18.2 Å². The predicted octanol–water partition coefficient (Wildman–Crippen LogP) is 2.82. The summed E-state index contributed by atoms with van der Waals surface area (Å²) in [6.07, 6.45) is 3.14. The van der Waals surface area contributed by atoms with Crippen molar-refractivity contribution in [3.63, 3.8) is 0 Å². The molecule has 32 heavy (non-hydrogen) atoms. The molecule has 2 bridgehead atoms. The average molecular weight is 436 g/mol. The Hall–Kier alpha value is -3.31. The minimum atomic E-state index is -1.04. The Bertz CT molecular complexity index is 1160. The van der Waals surface area contributed by atoms with Crippen molar-refractivity contribution in [2.75, 3.05) is 5.32 Å². The maximum Gasteiger partial charge on any atom is 0.238 e. The van der Waals surface area contributed by atoms with Gasteiger partial charge in [-0.25, -0.2) is 8.78 Å². The first kappa shape index (κ1) is 20.6. The van der Waals surface area contributed by atoms with Crippen molar-refractivity contribution in [3.8, 4) is 17.2 Å². The topological polar surface area (TPSA) is 94.0 Å². The average Bonchev–Trinajstić information content (AvgIpc) is 3.50. The van der Waals surface area contributed by atoms with E-state index in [1.165, 1.54) is 12.1 Å². The lowest BCUT2D eigenvalue weighted by Gasteiger charge is -2.23. The van der Waals surface area contributed by atoms with Crippen LogP contribution in [0.2, 0.25) is 0 Å². The normalized spacial score (nSPS) is 24.0. The van der Waals surface area contributed by atoms with Gasteiger partial charge in [-0.3, -0.25) is 9.59 Å². The standard InChI is InChI=1S/C24H22F2N4O2/c25-21-14(7-17(11-27)29-24(32)23-15-3-5-16(8-15)28-23)4-6-18(22(21)26)12-1-2-13-10-20(31)30-19(13)9-12/h1-2,4,6,9,15-17,23,28H,3,5,7-8,10H2,(H,29,32)(H,30,31)/t15?,16?,17-,23?/m0/s1. The second kappa shape index (κ2) is 7.99. The number of hydrogen-bond acceptors (Lipinski definition) is 4. The number of nitrogens with zero attached hydrogens (tertiary/aromatic N) is 1. The van der Waals surface area contributed by atoms with Gasteiger partial charge >= 0.3 is 0 Å². The molecule has 1 saturated carbocycles. The van der Waals surface area contributed by atoms with Crippen LogP contribution in [0.3, 0.4) is 0 Å². The fourth-order valence-corrected chi connectivity index (χ4v) is 5.11. The lowest BCUT2D eigenvalue weighted by Crippen LogP contribution is -2.50. The molecule has 2 aliphatic heterocycles. The molecular weight excluding hydrogens is 414 g/mol. The molecule has 2 fully saturated rings. The van der Waals surface area contributed by atoms with Crippen molar-refractivity contribution in [2.24, 2.45) is 5.92 Å². The Morgan fingerprint density at radius 1 is 1.22 bits per heavy atom. The van der Waals surface area contributed by atoms with Crippen LogP contribution in [0.15, 0.2) is 30.3 Å². The third-order valence-electron chi connectivity index (χ3n) is 6.75. The van der Waals surface area contributed by atoms with Gasteiger partial charge in [0.2, 0.25) is 11.8 Å². The summed E-state index contributed by atoms with van der Waals surface area (Å²) in [4.78, 5) is 24.1. The molecule has 1 aliphatic carbocycles. The summed E-state index contributed by atoms with van der Waals surface area (Å²) in [6, 6.07) is 8.94. The molecule has 5 rings (SSSR count). The van der Waals surface area contributed by atoms with Gasteiger partial charge in [-0.2, -0.15) is 5.26 Å². The van der Waals surface area contributed by atoms with E-state index in [9.17, 15) is 23.6 Å². The summed E-state index contributed by atoms with van der Waals surface area (Å²) in [5, 5.41) is 18.1. The number of carbonyl (C=O) groups is 2. The zero-order valence-corrected chi connectivity index (χ0v) is 17.3. The first-order valence-electron chi connectivity index (χ1n) is 10.8. The van der Waals surface area contributed by atoms with Gasteiger partial charge in [0.05, 0.1) is 18.5 Å². The summed E-state index contributed by atoms with van der Waals surface area (Å²) in [5.74, 6) is -2.19. The van der Waals surface area contributed by atoms with E-state index in [0.29, 0.717) is 17.3 Å². The summed E-state index contributed by atoms with van der Waals surface area (Å²) < 4.78 is 29.8. The number of nitriles is 1. The molecule has 164 valence electrons. The van der Waals surface area contributed by atoms with Crippen molar-refractivity contribution in [3.05, 3.63) is 53.1 Å². The van der Waals surface area contributed by atoms with Crippen LogP contribution >= 0.6 is 0 Å². The number of amides is 2. The van der Waals surface area contributed by atoms with Gasteiger partial charge in [0.1, 0.15) is 6.04 Å². The molecule has 4 atom stereocenters. The van der Waals surface area contributed by atoms with Crippen LogP contribution in [0, 0.1) is 28.9 Å². The number of hydrogen-bond donors (Lipinski definition) is 3. The molecule has 3 aliphatic rings. The highest BCUT2D eigenvalue weighted by atomic mass is 19.2. The molecule has 3 unspecified atom stereocenters. The molecule has 1 saturated heterocycles. The van der Waals surface area contributed by atoms with Crippen LogP contribution in [0.25, 0.3) is 11.1 Å². The molecule has 2 aromatic carbocycles. The Kier molecular flexibility index (Phi) is 5.14. The van der Waals surface area contributed by atoms with Crippen molar-refractivity contribution in [1.82, 2.24) is 10.6 Å². The Labute approximate surface area is 184 Å². The number of rotatable bonds is 5. The molecule has 0 spiro atoms. The van der Waals surface area contributed by atoms with E-state index in [4.69, 9.17) is 0 Å². The fourth-order valence-electron chi connectivity index (χ4n) is 5.11. The van der Waals surface area contributed by atoms with Gasteiger partial charge in [0, 0.05) is 23.7 Å². The molecule has 2 heterocycles. The number of carbonyl (C=O) groups excluding carboxylic acids is 2. The zero-order chi connectivity index (χ0) is 22.4. The number of nitrogens with one attached hydrogen (secondary N) is 3. The quantitative estimate of drug-likeness (QED) is 0.672. The largest absolute Gasteiger partial charge is 0.339 e. The number of anilines is 1. The highest BCUT2D eigenvalue weighted by Gasteiger charge is 2.43. The van der Waals surface area contributed by atoms with Crippen LogP contribution in [-0.2, 0) is 22.4 Å². The van der Waals surface area contributed by atoms with E-state index < -0.39 is 17.7 Å². The highest BCUT2D eigenvalue weighted by Crippen LogP contribution is 2.35. The van der Waals surface area contributed by atoms with E-state index in [0.717, 1.165) is 24.8 Å². The summed E-state index contributed by atoms with van der Waals surface area (Å²) in [7, 11) is 0. The van der Waals surface area contributed by atoms with Crippen molar-refractivity contribution >= 4 is 17.5 Å². The smallest absolute Gasteiger partial charge is 0.238 e. The van der Waals surface area contributed by atoms with Gasteiger partial charge in [-0.1, -0.05) is 24.3 Å². The first-order valence-corrected chi connectivity index (χ1v) is 10.8. The summed E-state index contributed by atoms with van der Waals surface area (Å²) >= 11 is 0. The van der Waals surface area contributed by atoms with Crippen molar-refractivity contribution < 1.29 is 18.4 Å². The second-order valence-corrected chi connectivity index (χ2v) is 8.81. The molecular formula is C24H22F2N4O2. The third kappa shape index (κ3) is 3.63. The molecule has 0 radical (unpaired) electrons. The van der Waals surface area contributed by atoms with Crippen LogP contribution in [0.4, 0.5) is 14.5 Å². The summed E-state index contributed by atoms with van der Waals surface area (Å²) in [5.41, 5.74) is 1.94. The molecule has 8 heteroatoms. The molecule has 6 nitrogen and oxygen atoms in total. The third-order valence-corrected chi connectivity index (χ3v) is 6.75. The van der Waals surface area contributed by atoms with E-state index in [2.05, 4.69) is 16.0 Å². The number of piperidine rings is 1. The van der Waals surface area contributed by atoms with Crippen LogP contribution in [-0.4, -0.2) is 29.9 Å². The van der Waals surface area contributed by atoms with E-state index in [-0.39, 0.29) is 47.7 Å². The maximum absolute atomic E-state index is 14.9. The van der Waals surface area contributed by atoms with Crippen molar-refractivity contribution in [2.45, 2.75) is 50.2 Å². The molecule has 2 aromatic rings.